The molecule has 0 radical (unpaired) electrons. The number of benzene rings is 4. The van der Waals surface area contributed by atoms with Crippen molar-refractivity contribution in [2.24, 2.45) is 0 Å². The number of imidazole rings is 1. The summed E-state index contributed by atoms with van der Waals surface area (Å²) in [6.45, 7) is 8.86. The molecule has 4 nitrogen and oxygen atoms in total. The van der Waals surface area contributed by atoms with Gasteiger partial charge in [-0.3, -0.25) is 4.57 Å². The summed E-state index contributed by atoms with van der Waals surface area (Å²) in [5.41, 5.74) is 7.12. The van der Waals surface area contributed by atoms with Crippen LogP contribution >= 0.6 is 11.8 Å². The number of nitrogens with zero attached hydrogens (tertiary/aromatic N) is 4. The van der Waals surface area contributed by atoms with Gasteiger partial charge in [0.2, 0.25) is 6.33 Å². The van der Waals surface area contributed by atoms with E-state index in [2.05, 4.69) is 145 Å². The van der Waals surface area contributed by atoms with Gasteiger partial charge in [-0.1, -0.05) is 54.2 Å². The summed E-state index contributed by atoms with van der Waals surface area (Å²) < 4.78 is 6.94. The molecule has 3 aromatic heterocycles. The van der Waals surface area contributed by atoms with Crippen molar-refractivity contribution in [3.05, 3.63) is 121 Å². The molecule has 0 unspecified atom stereocenters. The highest BCUT2D eigenvalue weighted by atomic mass is 32.2. The smallest absolute Gasteiger partial charge is 0.250 e. The molecule has 0 spiro atoms. The zero-order valence-electron chi connectivity index (χ0n) is 23.2. The van der Waals surface area contributed by atoms with Crippen LogP contribution in [0.3, 0.4) is 0 Å². The summed E-state index contributed by atoms with van der Waals surface area (Å²) in [5, 5.41) is 2.48. The van der Waals surface area contributed by atoms with Crippen LogP contribution in [0.1, 0.15) is 26.3 Å². The van der Waals surface area contributed by atoms with Crippen LogP contribution in [0.25, 0.3) is 44.3 Å². The summed E-state index contributed by atoms with van der Waals surface area (Å²) >= 11 is 1.79. The third-order valence-electron chi connectivity index (χ3n) is 7.46. The van der Waals surface area contributed by atoms with Gasteiger partial charge in [0.15, 0.2) is 11.0 Å². The Morgan fingerprint density at radius 3 is 2.27 bits per heavy atom. The van der Waals surface area contributed by atoms with E-state index in [0.29, 0.717) is 0 Å². The second kappa shape index (κ2) is 9.39. The average Bonchev–Trinajstić information content (AvgIpc) is 3.50. The molecular weight excluding hydrogens is 508 g/mol. The first kappa shape index (κ1) is 24.7. The van der Waals surface area contributed by atoms with Gasteiger partial charge in [-0.15, -0.1) is 0 Å². The topological polar surface area (TPSA) is 26.6 Å². The number of para-hydroxylation sites is 3. The van der Waals surface area contributed by atoms with E-state index < -0.39 is 0 Å². The lowest BCUT2D eigenvalue weighted by atomic mass is 10.1. The fraction of sp³-hybridized carbons (Fsp3) is 0.143. The highest BCUT2D eigenvalue weighted by Gasteiger charge is 2.26. The third-order valence-corrected chi connectivity index (χ3v) is 8.44. The molecule has 4 aromatic carbocycles. The Hall–Kier alpha value is -4.35. The fourth-order valence-corrected chi connectivity index (χ4v) is 6.49. The van der Waals surface area contributed by atoms with Crippen molar-refractivity contribution in [1.82, 2.24) is 14.1 Å². The number of aromatic nitrogens is 4. The lowest BCUT2D eigenvalue weighted by Crippen LogP contribution is -2.49. The standard InChI is InChI=1S/C35H31N4S/c1-24-18-19-36-34(20-24)39-30-13-6-5-12-28(30)29-17-16-27(22-33(29)39)40-26-11-9-10-25(21-26)37-23-38(35(2,3)4)32-15-8-7-14-31(32)37/h5-23H,1-4H3/q+1. The van der Waals surface area contributed by atoms with E-state index in [4.69, 9.17) is 4.98 Å². The largest absolute Gasteiger partial charge is 0.294 e. The van der Waals surface area contributed by atoms with E-state index in [9.17, 15) is 0 Å². The predicted molar refractivity (Wildman–Crippen MR) is 166 cm³/mol. The highest BCUT2D eigenvalue weighted by Crippen LogP contribution is 2.36. The molecule has 7 rings (SSSR count). The second-order valence-electron chi connectivity index (χ2n) is 11.3. The van der Waals surface area contributed by atoms with Gasteiger partial charge < -0.3 is 0 Å². The van der Waals surface area contributed by atoms with Crippen molar-refractivity contribution in [2.45, 2.75) is 43.0 Å². The van der Waals surface area contributed by atoms with Crippen molar-refractivity contribution in [1.29, 1.82) is 0 Å². The van der Waals surface area contributed by atoms with Crippen LogP contribution in [-0.4, -0.2) is 14.1 Å². The van der Waals surface area contributed by atoms with Crippen LogP contribution in [0, 0.1) is 6.92 Å². The Balaban J connectivity index is 1.32. The van der Waals surface area contributed by atoms with Crippen LogP contribution in [-0.2, 0) is 5.54 Å². The van der Waals surface area contributed by atoms with Gasteiger partial charge in [0.25, 0.3) is 0 Å². The normalized spacial score (nSPS) is 12.1. The summed E-state index contributed by atoms with van der Waals surface area (Å²) in [4.78, 5) is 7.14. The van der Waals surface area contributed by atoms with Crippen molar-refractivity contribution in [3.8, 4) is 11.5 Å². The molecule has 0 N–H and O–H groups in total. The Labute approximate surface area is 238 Å². The molecule has 0 saturated heterocycles. The minimum absolute atomic E-state index is 0.0166. The van der Waals surface area contributed by atoms with E-state index in [1.165, 1.54) is 48.2 Å². The quantitative estimate of drug-likeness (QED) is 0.209. The molecule has 0 atom stereocenters. The Kier molecular flexibility index (Phi) is 5.79. The van der Waals surface area contributed by atoms with E-state index >= 15 is 0 Å². The van der Waals surface area contributed by atoms with Crippen LogP contribution in [0.15, 0.2) is 125 Å². The number of aryl methyl sites for hydroxylation is 1. The number of rotatable bonds is 4. The Morgan fingerprint density at radius 2 is 1.45 bits per heavy atom. The fourth-order valence-electron chi connectivity index (χ4n) is 5.59. The van der Waals surface area contributed by atoms with Gasteiger partial charge in [-0.25, -0.2) is 9.55 Å². The third kappa shape index (κ3) is 4.18. The van der Waals surface area contributed by atoms with Crippen LogP contribution in [0.5, 0.6) is 0 Å². The number of hydrogen-bond donors (Lipinski definition) is 0. The van der Waals surface area contributed by atoms with Gasteiger partial charge in [0.1, 0.15) is 17.0 Å². The zero-order chi connectivity index (χ0) is 27.4. The average molecular weight is 540 g/mol. The monoisotopic (exact) mass is 539 g/mol. The minimum Gasteiger partial charge on any atom is -0.294 e. The van der Waals surface area contributed by atoms with E-state index in [-0.39, 0.29) is 5.54 Å². The summed E-state index contributed by atoms with van der Waals surface area (Å²) in [7, 11) is 0. The predicted octanol–water partition coefficient (Wildman–Crippen LogP) is 8.62. The first-order valence-corrected chi connectivity index (χ1v) is 14.5. The van der Waals surface area contributed by atoms with Crippen molar-refractivity contribution in [3.63, 3.8) is 0 Å². The van der Waals surface area contributed by atoms with E-state index in [0.717, 1.165) is 11.5 Å². The number of fused-ring (bicyclic) bond motifs is 4. The molecule has 0 aliphatic carbocycles. The maximum absolute atomic E-state index is 4.74. The molecule has 40 heavy (non-hydrogen) atoms. The number of hydrogen-bond acceptors (Lipinski definition) is 2. The summed E-state index contributed by atoms with van der Waals surface area (Å²) in [6, 6.07) is 37.0. The van der Waals surface area contributed by atoms with Gasteiger partial charge in [0, 0.05) is 26.8 Å². The van der Waals surface area contributed by atoms with Crippen molar-refractivity contribution < 1.29 is 4.57 Å². The van der Waals surface area contributed by atoms with Gasteiger partial charge in [-0.2, -0.15) is 4.57 Å². The van der Waals surface area contributed by atoms with Crippen molar-refractivity contribution >= 4 is 44.6 Å². The molecule has 0 bridgehead atoms. The lowest BCUT2D eigenvalue weighted by molar-refractivity contribution is -0.731. The Bertz CT molecular complexity index is 2040. The zero-order valence-corrected chi connectivity index (χ0v) is 24.0. The highest BCUT2D eigenvalue weighted by molar-refractivity contribution is 7.99. The lowest BCUT2D eigenvalue weighted by Gasteiger charge is -2.14. The minimum atomic E-state index is -0.0166. The summed E-state index contributed by atoms with van der Waals surface area (Å²) in [5.74, 6) is 0.946. The molecule has 0 aliphatic heterocycles. The molecule has 0 aliphatic rings. The molecule has 3 heterocycles. The molecule has 0 saturated carbocycles. The first-order valence-electron chi connectivity index (χ1n) is 13.6. The Morgan fingerprint density at radius 1 is 0.700 bits per heavy atom. The maximum Gasteiger partial charge on any atom is 0.250 e. The van der Waals surface area contributed by atoms with Gasteiger partial charge in [0.05, 0.1) is 11.0 Å². The maximum atomic E-state index is 4.74. The molecular formula is C35H31N4S+. The second-order valence-corrected chi connectivity index (χ2v) is 12.5. The molecule has 5 heteroatoms. The van der Waals surface area contributed by atoms with Crippen LogP contribution < -0.4 is 4.57 Å². The van der Waals surface area contributed by atoms with E-state index in [1.807, 2.05) is 12.3 Å². The molecule has 0 fully saturated rings. The molecule has 7 aromatic rings. The SMILES string of the molecule is Cc1ccnc(-n2c3ccccc3c3ccc(Sc4cccc(-n5c[n+](C(C)(C)C)c6ccccc65)c4)cc32)c1. The van der Waals surface area contributed by atoms with E-state index in [1.54, 1.807) is 11.8 Å². The van der Waals surface area contributed by atoms with Gasteiger partial charge >= 0.3 is 0 Å². The number of pyridine rings is 1. The van der Waals surface area contributed by atoms with Crippen LogP contribution in [0.2, 0.25) is 0 Å². The molecule has 0 amide bonds. The molecule has 196 valence electrons. The summed E-state index contributed by atoms with van der Waals surface area (Å²) in [6.07, 6.45) is 4.12. The van der Waals surface area contributed by atoms with Crippen molar-refractivity contribution in [2.75, 3.05) is 0 Å². The first-order chi connectivity index (χ1) is 19.4. The van der Waals surface area contributed by atoms with Crippen LogP contribution in [0.4, 0.5) is 0 Å². The van der Waals surface area contributed by atoms with Gasteiger partial charge in [-0.05, 0) is 93.9 Å².